The number of allylic oxidation sites excluding steroid dienone is 2. The molecule has 2 aliphatic rings. The number of rotatable bonds is 10. The van der Waals surface area contributed by atoms with Crippen LogP contribution < -0.4 is 10.2 Å². The average Bonchev–Trinajstić information content (AvgIpc) is 3.54. The van der Waals surface area contributed by atoms with Crippen molar-refractivity contribution in [3.8, 4) is 5.69 Å². The molecular formula is C27H25BrN6O6S. The van der Waals surface area contributed by atoms with Crippen LogP contribution >= 0.6 is 15.9 Å². The van der Waals surface area contributed by atoms with Gasteiger partial charge < -0.3 is 0 Å². The molecular weight excluding hydrogens is 616 g/mol. The second-order valence-electron chi connectivity index (χ2n) is 9.53. The lowest BCUT2D eigenvalue weighted by Gasteiger charge is -2.17. The molecule has 212 valence electrons. The maximum absolute atomic E-state index is 13.0. The van der Waals surface area contributed by atoms with Gasteiger partial charge in [0.25, 0.3) is 5.91 Å². The van der Waals surface area contributed by atoms with Gasteiger partial charge >= 0.3 is 0 Å². The smallest absolute Gasteiger partial charge is 0.261 e. The molecule has 3 aromatic rings. The molecule has 3 atom stereocenters. The number of hydroxylamine groups is 1. The fraction of sp³-hybridized carbons (Fsp3) is 0.222. The standard InChI is InChI=1S/C27H25BrN6O6S/c28-18-6-11-22-23(15-18)27(37)33(26(22)36)13-12-19-16-34(32-29-19)20-7-9-21(10-8-20)41(39,40)31-24(25(35)30-38)14-17-4-2-1-3-5-17/h1-11,15-16,22-24,31,38H,12-14H2,(H,30,35)/t22?,23?,24-/m1/s1. The zero-order valence-electron chi connectivity index (χ0n) is 21.4. The van der Waals surface area contributed by atoms with Crippen LogP contribution in [0.25, 0.3) is 5.69 Å². The number of imide groups is 1. The van der Waals surface area contributed by atoms with E-state index < -0.39 is 33.8 Å². The molecule has 1 aromatic heterocycles. The Morgan fingerprint density at radius 1 is 1.05 bits per heavy atom. The van der Waals surface area contributed by atoms with Crippen molar-refractivity contribution in [3.05, 3.63) is 94.8 Å². The first-order valence-corrected chi connectivity index (χ1v) is 14.9. The number of nitrogens with zero attached hydrogens (tertiary/aromatic N) is 4. The number of benzene rings is 2. The van der Waals surface area contributed by atoms with Crippen LogP contribution in [-0.4, -0.2) is 63.8 Å². The average molecular weight is 642 g/mol. The number of sulfonamides is 1. The van der Waals surface area contributed by atoms with Crippen molar-refractivity contribution < 1.29 is 28.0 Å². The van der Waals surface area contributed by atoms with Gasteiger partial charge in [-0.15, -0.1) is 5.10 Å². The summed E-state index contributed by atoms with van der Waals surface area (Å²) >= 11 is 3.35. The van der Waals surface area contributed by atoms with Gasteiger partial charge in [0, 0.05) is 17.4 Å². The van der Waals surface area contributed by atoms with Crippen LogP contribution in [0.1, 0.15) is 11.3 Å². The maximum Gasteiger partial charge on any atom is 0.261 e. The molecule has 2 unspecified atom stereocenters. The molecule has 41 heavy (non-hydrogen) atoms. The van der Waals surface area contributed by atoms with Gasteiger partial charge in [0.2, 0.25) is 21.8 Å². The Morgan fingerprint density at radius 3 is 2.46 bits per heavy atom. The Morgan fingerprint density at radius 2 is 1.76 bits per heavy atom. The fourth-order valence-electron chi connectivity index (χ4n) is 4.71. The molecule has 12 nitrogen and oxygen atoms in total. The minimum Gasteiger partial charge on any atom is -0.289 e. The number of hydrogen-bond acceptors (Lipinski definition) is 8. The van der Waals surface area contributed by atoms with Crippen LogP contribution in [0.3, 0.4) is 0 Å². The predicted octanol–water partition coefficient (Wildman–Crippen LogP) is 1.65. The molecule has 5 rings (SSSR count). The maximum atomic E-state index is 13.0. The van der Waals surface area contributed by atoms with Gasteiger partial charge in [-0.25, -0.2) is 18.6 Å². The summed E-state index contributed by atoms with van der Waals surface area (Å²) in [6, 6.07) is 13.3. The normalized spacial score (nSPS) is 19.2. The number of carbonyl (C=O) groups is 3. The fourth-order valence-corrected chi connectivity index (χ4v) is 6.34. The zero-order valence-corrected chi connectivity index (χ0v) is 23.8. The van der Waals surface area contributed by atoms with Crippen molar-refractivity contribution >= 4 is 43.7 Å². The highest BCUT2D eigenvalue weighted by molar-refractivity contribution is 9.11. The quantitative estimate of drug-likeness (QED) is 0.171. The summed E-state index contributed by atoms with van der Waals surface area (Å²) in [5, 5.41) is 17.3. The van der Waals surface area contributed by atoms with E-state index in [9.17, 15) is 22.8 Å². The molecule has 3 N–H and O–H groups in total. The molecule has 1 aliphatic heterocycles. The van der Waals surface area contributed by atoms with E-state index in [0.717, 1.165) is 4.48 Å². The molecule has 1 saturated heterocycles. The summed E-state index contributed by atoms with van der Waals surface area (Å²) in [6.45, 7) is 0.164. The molecule has 14 heteroatoms. The lowest BCUT2D eigenvalue weighted by molar-refractivity contribution is -0.139. The van der Waals surface area contributed by atoms with E-state index >= 15 is 0 Å². The van der Waals surface area contributed by atoms with E-state index in [1.165, 1.54) is 39.3 Å². The SMILES string of the molecule is O=C(NO)[C@@H](Cc1ccccc1)NS(=O)(=O)c1ccc(-n2cc(CCN3C(=O)C4C=CC(Br)=CC4C3=O)nn2)cc1. The highest BCUT2D eigenvalue weighted by Crippen LogP contribution is 2.34. The molecule has 3 amide bonds. The minimum atomic E-state index is -4.12. The number of hydrogen-bond donors (Lipinski definition) is 3. The third-order valence-electron chi connectivity index (χ3n) is 6.84. The van der Waals surface area contributed by atoms with E-state index in [1.54, 1.807) is 54.8 Å². The van der Waals surface area contributed by atoms with Crippen LogP contribution in [0.2, 0.25) is 0 Å². The molecule has 1 fully saturated rings. The van der Waals surface area contributed by atoms with Crippen LogP contribution in [0.4, 0.5) is 0 Å². The number of halogens is 1. The van der Waals surface area contributed by atoms with Gasteiger partial charge in [0.05, 0.1) is 34.3 Å². The summed E-state index contributed by atoms with van der Waals surface area (Å²) in [4.78, 5) is 38.8. The number of nitrogens with one attached hydrogen (secondary N) is 2. The summed E-state index contributed by atoms with van der Waals surface area (Å²) in [7, 11) is -4.12. The summed E-state index contributed by atoms with van der Waals surface area (Å²) in [6.07, 6.45) is 7.21. The Labute approximate surface area is 243 Å². The molecule has 2 aromatic carbocycles. The van der Waals surface area contributed by atoms with Crippen LogP contribution in [0.15, 0.2) is 88.4 Å². The second kappa shape index (κ2) is 11.9. The van der Waals surface area contributed by atoms with Crippen molar-refractivity contribution in [2.45, 2.75) is 23.8 Å². The van der Waals surface area contributed by atoms with Crippen molar-refractivity contribution in [1.29, 1.82) is 0 Å². The van der Waals surface area contributed by atoms with Crippen molar-refractivity contribution in [2.24, 2.45) is 11.8 Å². The first-order valence-electron chi connectivity index (χ1n) is 12.6. The monoisotopic (exact) mass is 640 g/mol. The minimum absolute atomic E-state index is 0.0349. The first kappa shape index (κ1) is 28.5. The van der Waals surface area contributed by atoms with Crippen molar-refractivity contribution in [2.75, 3.05) is 6.54 Å². The lowest BCUT2D eigenvalue weighted by Crippen LogP contribution is -2.47. The van der Waals surface area contributed by atoms with Crippen molar-refractivity contribution in [1.82, 2.24) is 30.1 Å². The highest BCUT2D eigenvalue weighted by Gasteiger charge is 2.45. The zero-order chi connectivity index (χ0) is 29.1. The Kier molecular flexibility index (Phi) is 8.26. The van der Waals surface area contributed by atoms with E-state index in [2.05, 4.69) is 31.0 Å². The van der Waals surface area contributed by atoms with Gasteiger partial charge in [-0.3, -0.25) is 24.5 Å². The highest BCUT2D eigenvalue weighted by atomic mass is 79.9. The first-order chi connectivity index (χ1) is 19.7. The van der Waals surface area contributed by atoms with Crippen LogP contribution in [-0.2, 0) is 37.2 Å². The lowest BCUT2D eigenvalue weighted by atomic mass is 9.91. The van der Waals surface area contributed by atoms with Crippen molar-refractivity contribution in [3.63, 3.8) is 0 Å². The summed E-state index contributed by atoms with van der Waals surface area (Å²) < 4.78 is 30.6. The molecule has 0 bridgehead atoms. The molecule has 2 heterocycles. The van der Waals surface area contributed by atoms with E-state index in [0.29, 0.717) is 23.4 Å². The van der Waals surface area contributed by atoms with Gasteiger partial charge in [0.1, 0.15) is 6.04 Å². The number of likely N-dealkylation sites (tertiary alicyclic amines) is 1. The summed E-state index contributed by atoms with van der Waals surface area (Å²) in [5.41, 5.74) is 3.29. The number of fused-ring (bicyclic) bond motifs is 1. The number of amides is 3. The van der Waals surface area contributed by atoms with Gasteiger partial charge in [-0.1, -0.05) is 69.7 Å². The predicted molar refractivity (Wildman–Crippen MR) is 149 cm³/mol. The van der Waals surface area contributed by atoms with Crippen LogP contribution in [0, 0.1) is 11.8 Å². The summed E-state index contributed by atoms with van der Waals surface area (Å²) in [5.74, 6) is -2.38. The second-order valence-corrected chi connectivity index (χ2v) is 12.2. The Bertz CT molecular complexity index is 1640. The van der Waals surface area contributed by atoms with Gasteiger partial charge in [-0.05, 0) is 36.2 Å². The largest absolute Gasteiger partial charge is 0.289 e. The molecule has 1 aliphatic carbocycles. The topological polar surface area (TPSA) is 164 Å². The van der Waals surface area contributed by atoms with Crippen LogP contribution in [0.5, 0.6) is 0 Å². The number of aromatic nitrogens is 3. The third kappa shape index (κ3) is 6.20. The van der Waals surface area contributed by atoms with Gasteiger partial charge in [-0.2, -0.15) is 4.72 Å². The third-order valence-corrected chi connectivity index (χ3v) is 8.86. The van der Waals surface area contributed by atoms with Gasteiger partial charge in [0.15, 0.2) is 0 Å². The van der Waals surface area contributed by atoms with E-state index in [1.807, 2.05) is 0 Å². The van der Waals surface area contributed by atoms with E-state index in [4.69, 9.17) is 5.21 Å². The Hall–Kier alpha value is -3.98. The molecule has 0 saturated carbocycles. The Balaban J connectivity index is 1.23. The molecule has 0 spiro atoms. The number of carbonyl (C=O) groups excluding carboxylic acids is 3. The molecule has 0 radical (unpaired) electrons. The van der Waals surface area contributed by atoms with E-state index in [-0.39, 0.29) is 29.7 Å².